The predicted molar refractivity (Wildman–Crippen MR) is 128 cm³/mol. The molecule has 0 amide bonds. The summed E-state index contributed by atoms with van der Waals surface area (Å²) in [5.41, 5.74) is 0.854. The van der Waals surface area contributed by atoms with E-state index in [0.29, 0.717) is 0 Å². The second-order valence-corrected chi connectivity index (χ2v) is 16.2. The smallest absolute Gasteiger partial charge is 0.340 e. The Morgan fingerprint density at radius 1 is 0.970 bits per heavy atom. The summed E-state index contributed by atoms with van der Waals surface area (Å²) in [5, 5.41) is -0.335. The van der Waals surface area contributed by atoms with Gasteiger partial charge in [0.25, 0.3) is 10.1 Å². The van der Waals surface area contributed by atoms with Gasteiger partial charge in [0.2, 0.25) is 6.10 Å². The molecule has 0 aliphatic carbocycles. The topological polar surface area (TPSA) is 105 Å². The molecule has 0 aliphatic rings. The molecule has 0 heterocycles. The van der Waals surface area contributed by atoms with Crippen LogP contribution in [0.3, 0.4) is 0 Å². The van der Waals surface area contributed by atoms with Crippen LogP contribution in [-0.4, -0.2) is 54.1 Å². The maximum atomic E-state index is 13.1. The third-order valence-corrected chi connectivity index (χ3v) is 11.1. The van der Waals surface area contributed by atoms with E-state index in [2.05, 4.69) is 0 Å². The summed E-state index contributed by atoms with van der Waals surface area (Å²) in [6, 6.07) is 5.95. The van der Waals surface area contributed by atoms with Gasteiger partial charge in [-0.2, -0.15) is 8.42 Å². The molecule has 0 aliphatic heterocycles. The Morgan fingerprint density at radius 2 is 1.48 bits per heavy atom. The number of hydrogen-bond donors (Lipinski definition) is 0. The van der Waals surface area contributed by atoms with Gasteiger partial charge in [-0.3, -0.25) is 0 Å². The molecule has 188 valence electrons. The highest BCUT2D eigenvalue weighted by atomic mass is 32.2. The molecule has 2 atom stereocenters. The highest BCUT2D eigenvalue weighted by molar-refractivity contribution is 7.86. The van der Waals surface area contributed by atoms with Crippen molar-refractivity contribution in [2.45, 2.75) is 83.7 Å². The molecule has 1 aromatic carbocycles. The molecule has 1 aromatic rings. The lowest BCUT2D eigenvalue weighted by atomic mass is 10.2. The van der Waals surface area contributed by atoms with E-state index in [0.717, 1.165) is 5.56 Å². The number of esters is 2. The summed E-state index contributed by atoms with van der Waals surface area (Å²) in [5.74, 6) is -1.86. The van der Waals surface area contributed by atoms with Crippen LogP contribution in [0.4, 0.5) is 0 Å². The minimum absolute atomic E-state index is 0.0284. The van der Waals surface area contributed by atoms with Crippen molar-refractivity contribution in [2.24, 2.45) is 5.92 Å². The molecule has 0 saturated carbocycles. The van der Waals surface area contributed by atoms with E-state index < -0.39 is 42.6 Å². The van der Waals surface area contributed by atoms with E-state index >= 15 is 0 Å². The van der Waals surface area contributed by atoms with Gasteiger partial charge in [-0.25, -0.2) is 13.8 Å². The Hall–Kier alpha value is -1.75. The zero-order chi connectivity index (χ0) is 25.6. The van der Waals surface area contributed by atoms with Gasteiger partial charge < -0.3 is 13.9 Å². The fourth-order valence-electron chi connectivity index (χ4n) is 2.39. The zero-order valence-corrected chi connectivity index (χ0v) is 22.9. The van der Waals surface area contributed by atoms with Crippen molar-refractivity contribution in [2.75, 3.05) is 13.2 Å². The summed E-state index contributed by atoms with van der Waals surface area (Å²) in [6.45, 7) is 16.8. The van der Waals surface area contributed by atoms with Crippen molar-refractivity contribution in [3.05, 3.63) is 29.8 Å². The number of carbonyl (C=O) groups excluding carboxylic acids is 2. The van der Waals surface area contributed by atoms with Crippen molar-refractivity contribution in [1.29, 1.82) is 0 Å². The molecule has 0 N–H and O–H groups in total. The molecular formula is C23H38O8SSi. The maximum Gasteiger partial charge on any atom is 0.340 e. The SMILES string of the molecule is CCOC(=O)[C@H](OS(=O)(=O)c1ccc(C)cc1)[C@@H](O[Si](C)(C)C(C)(C)C)C(=O)OCC(C)C. The van der Waals surface area contributed by atoms with Gasteiger partial charge in [-0.05, 0) is 50.0 Å². The van der Waals surface area contributed by atoms with Crippen molar-refractivity contribution in [3.63, 3.8) is 0 Å². The fourth-order valence-corrected chi connectivity index (χ4v) is 4.63. The molecule has 0 aromatic heterocycles. The summed E-state index contributed by atoms with van der Waals surface area (Å²) in [7, 11) is -7.08. The molecule has 33 heavy (non-hydrogen) atoms. The summed E-state index contributed by atoms with van der Waals surface area (Å²) >= 11 is 0. The van der Waals surface area contributed by atoms with Gasteiger partial charge in [0.05, 0.1) is 18.1 Å². The largest absolute Gasteiger partial charge is 0.464 e. The van der Waals surface area contributed by atoms with Crippen LogP contribution >= 0.6 is 0 Å². The lowest BCUT2D eigenvalue weighted by Gasteiger charge is -2.39. The fraction of sp³-hybridized carbons (Fsp3) is 0.652. The minimum Gasteiger partial charge on any atom is -0.464 e. The van der Waals surface area contributed by atoms with Crippen molar-refractivity contribution in [1.82, 2.24) is 0 Å². The molecule has 8 nitrogen and oxygen atoms in total. The van der Waals surface area contributed by atoms with Crippen LogP contribution in [0.25, 0.3) is 0 Å². The third-order valence-electron chi connectivity index (χ3n) is 5.35. The second kappa shape index (κ2) is 11.6. The summed E-state index contributed by atoms with van der Waals surface area (Å²) in [4.78, 5) is 25.8. The average Bonchev–Trinajstić information content (AvgIpc) is 2.68. The van der Waals surface area contributed by atoms with Gasteiger partial charge >= 0.3 is 11.9 Å². The molecule has 0 radical (unpaired) electrons. The second-order valence-electron chi connectivity index (χ2n) is 9.86. The van der Waals surface area contributed by atoms with Crippen LogP contribution in [0.1, 0.15) is 47.1 Å². The van der Waals surface area contributed by atoms with Crippen LogP contribution in [0.2, 0.25) is 18.1 Å². The molecule has 0 spiro atoms. The first-order valence-electron chi connectivity index (χ1n) is 11.0. The summed E-state index contributed by atoms with van der Waals surface area (Å²) < 4.78 is 47.9. The lowest BCUT2D eigenvalue weighted by molar-refractivity contribution is -0.169. The molecule has 0 bridgehead atoms. The molecular weight excluding hydrogens is 464 g/mol. The molecule has 1 rings (SSSR count). The number of rotatable bonds is 11. The minimum atomic E-state index is -4.41. The first-order valence-corrected chi connectivity index (χ1v) is 15.3. The maximum absolute atomic E-state index is 13.1. The van der Waals surface area contributed by atoms with E-state index in [9.17, 15) is 18.0 Å². The standard InChI is InChI=1S/C23H38O8SSi/c1-10-28-21(24)19(30-32(26,27)18-13-11-17(4)12-14-18)20(22(25)29-15-16(2)3)31-33(8,9)23(5,6)7/h11-14,16,19-20H,10,15H2,1-9H3/t19-,20-/m1/s1. The quantitative estimate of drug-likeness (QED) is 0.252. The average molecular weight is 503 g/mol. The van der Waals surface area contributed by atoms with Crippen LogP contribution in [-0.2, 0) is 37.8 Å². The van der Waals surface area contributed by atoms with Crippen LogP contribution < -0.4 is 0 Å². The van der Waals surface area contributed by atoms with Gasteiger partial charge in [-0.15, -0.1) is 0 Å². The predicted octanol–water partition coefficient (Wildman–Crippen LogP) is 4.22. The number of benzene rings is 1. The number of aryl methyl sites for hydroxylation is 1. The Morgan fingerprint density at radius 3 is 1.94 bits per heavy atom. The van der Waals surface area contributed by atoms with Crippen LogP contribution in [0.15, 0.2) is 29.2 Å². The van der Waals surface area contributed by atoms with E-state index in [4.69, 9.17) is 18.1 Å². The normalized spacial score (nSPS) is 14.6. The van der Waals surface area contributed by atoms with Gasteiger partial charge in [0.1, 0.15) is 0 Å². The van der Waals surface area contributed by atoms with Gasteiger partial charge in [-0.1, -0.05) is 52.3 Å². The van der Waals surface area contributed by atoms with E-state index in [1.54, 1.807) is 19.1 Å². The number of ether oxygens (including phenoxy) is 2. The lowest BCUT2D eigenvalue weighted by Crippen LogP contribution is -2.54. The van der Waals surface area contributed by atoms with Crippen molar-refractivity contribution >= 4 is 30.4 Å². The van der Waals surface area contributed by atoms with Crippen molar-refractivity contribution < 1.29 is 36.1 Å². The first kappa shape index (κ1) is 29.3. The Labute approximate surface area is 199 Å². The van der Waals surface area contributed by atoms with E-state index in [1.165, 1.54) is 12.1 Å². The molecule has 0 saturated heterocycles. The zero-order valence-electron chi connectivity index (χ0n) is 21.1. The Bertz CT molecular complexity index is 901. The summed E-state index contributed by atoms with van der Waals surface area (Å²) in [6.07, 6.45) is -3.46. The highest BCUT2D eigenvalue weighted by Crippen LogP contribution is 2.38. The van der Waals surface area contributed by atoms with Crippen LogP contribution in [0.5, 0.6) is 0 Å². The Kier molecular flexibility index (Phi) is 10.3. The van der Waals surface area contributed by atoms with E-state index in [-0.39, 0.29) is 29.1 Å². The number of carbonyl (C=O) groups is 2. The number of hydrogen-bond acceptors (Lipinski definition) is 8. The first-order chi connectivity index (χ1) is 15.0. The van der Waals surface area contributed by atoms with Crippen LogP contribution in [0, 0.1) is 12.8 Å². The van der Waals surface area contributed by atoms with Crippen molar-refractivity contribution in [3.8, 4) is 0 Å². The monoisotopic (exact) mass is 502 g/mol. The van der Waals surface area contributed by atoms with Gasteiger partial charge in [0.15, 0.2) is 14.4 Å². The third kappa shape index (κ3) is 8.51. The highest BCUT2D eigenvalue weighted by Gasteiger charge is 2.48. The van der Waals surface area contributed by atoms with Gasteiger partial charge in [0, 0.05) is 0 Å². The molecule has 10 heteroatoms. The molecule has 0 unspecified atom stereocenters. The Balaban J connectivity index is 3.47. The van der Waals surface area contributed by atoms with E-state index in [1.807, 2.05) is 54.6 Å². The molecule has 0 fully saturated rings.